The van der Waals surface area contributed by atoms with E-state index in [-0.39, 0.29) is 18.5 Å². The fraction of sp³-hybridized carbons (Fsp3) is 0.258. The summed E-state index contributed by atoms with van der Waals surface area (Å²) in [5.74, 6) is 0.794. The number of carbonyl (C=O) groups excluding carboxylic acids is 1. The van der Waals surface area contributed by atoms with E-state index in [9.17, 15) is 9.18 Å². The maximum absolute atomic E-state index is 13.5. The number of halogens is 2. The average Bonchev–Trinajstić information content (AvgIpc) is 3.52. The second-order valence-electron chi connectivity index (χ2n) is 10.4. The Bertz CT molecular complexity index is 1770. The van der Waals surface area contributed by atoms with Crippen molar-refractivity contribution in [2.24, 2.45) is 0 Å². The fourth-order valence-electron chi connectivity index (χ4n) is 5.05. The number of ether oxygens (including phenoxy) is 1. The SMILES string of the molecule is CNC(=O)N1CCN(CCn2cc(-c3ccc4ncnc(Nc5ccc(OCc6cccc(F)c6)c(Cl)c5)c4c3)nn2)CC1. The van der Waals surface area contributed by atoms with Crippen LogP contribution in [0.4, 0.5) is 20.7 Å². The third kappa shape index (κ3) is 6.87. The van der Waals surface area contributed by atoms with E-state index in [4.69, 9.17) is 16.3 Å². The molecule has 1 aliphatic rings. The zero-order valence-electron chi connectivity index (χ0n) is 24.1. The zero-order valence-corrected chi connectivity index (χ0v) is 24.8. The first-order chi connectivity index (χ1) is 21.4. The Labute approximate surface area is 258 Å². The third-order valence-electron chi connectivity index (χ3n) is 7.47. The smallest absolute Gasteiger partial charge is 0.317 e. The summed E-state index contributed by atoms with van der Waals surface area (Å²) in [7, 11) is 1.65. The molecule has 44 heavy (non-hydrogen) atoms. The van der Waals surface area contributed by atoms with Gasteiger partial charge in [-0.05, 0) is 48.0 Å². The van der Waals surface area contributed by atoms with Gasteiger partial charge in [0.05, 0.1) is 23.3 Å². The molecule has 1 fully saturated rings. The lowest BCUT2D eigenvalue weighted by molar-refractivity contribution is 0.137. The van der Waals surface area contributed by atoms with Gasteiger partial charge in [0.1, 0.15) is 36.0 Å². The van der Waals surface area contributed by atoms with Gasteiger partial charge in [-0.3, -0.25) is 9.58 Å². The first-order valence-electron chi connectivity index (χ1n) is 14.2. The molecule has 0 aliphatic carbocycles. The minimum atomic E-state index is -0.313. The molecule has 0 bridgehead atoms. The first kappa shape index (κ1) is 29.3. The van der Waals surface area contributed by atoms with Crippen LogP contribution in [0.1, 0.15) is 5.56 Å². The average molecular weight is 616 g/mol. The molecule has 2 amide bonds. The number of urea groups is 1. The van der Waals surface area contributed by atoms with Crippen LogP contribution < -0.4 is 15.4 Å². The summed E-state index contributed by atoms with van der Waals surface area (Å²) in [6.45, 7) is 4.78. The van der Waals surface area contributed by atoms with Gasteiger partial charge in [0, 0.05) is 56.4 Å². The molecule has 226 valence electrons. The predicted octanol–water partition coefficient (Wildman–Crippen LogP) is 4.96. The van der Waals surface area contributed by atoms with Gasteiger partial charge in [0.15, 0.2) is 0 Å². The van der Waals surface area contributed by atoms with Crippen molar-refractivity contribution in [2.45, 2.75) is 13.2 Å². The van der Waals surface area contributed by atoms with Gasteiger partial charge >= 0.3 is 6.03 Å². The Morgan fingerprint density at radius 2 is 1.89 bits per heavy atom. The maximum atomic E-state index is 13.5. The van der Waals surface area contributed by atoms with Gasteiger partial charge in [0.2, 0.25) is 0 Å². The molecular weight excluding hydrogens is 585 g/mol. The van der Waals surface area contributed by atoms with Crippen molar-refractivity contribution in [3.63, 3.8) is 0 Å². The summed E-state index contributed by atoms with van der Waals surface area (Å²) in [5, 5.41) is 16.0. The van der Waals surface area contributed by atoms with Crippen LogP contribution in [0.25, 0.3) is 22.2 Å². The molecule has 6 rings (SSSR count). The molecule has 11 nitrogen and oxygen atoms in total. The maximum Gasteiger partial charge on any atom is 0.317 e. The number of fused-ring (bicyclic) bond motifs is 1. The number of aromatic nitrogens is 5. The topological polar surface area (TPSA) is 113 Å². The molecular formula is C31H31ClFN9O2. The van der Waals surface area contributed by atoms with Gasteiger partial charge in [-0.2, -0.15) is 0 Å². The monoisotopic (exact) mass is 615 g/mol. The molecule has 1 aliphatic heterocycles. The quantitative estimate of drug-likeness (QED) is 0.239. The van der Waals surface area contributed by atoms with E-state index in [1.54, 1.807) is 31.3 Å². The molecule has 2 aromatic heterocycles. The van der Waals surface area contributed by atoms with Gasteiger partial charge in [-0.15, -0.1) is 5.10 Å². The molecule has 3 heterocycles. The van der Waals surface area contributed by atoms with E-state index < -0.39 is 0 Å². The molecule has 13 heteroatoms. The molecule has 0 unspecified atom stereocenters. The van der Waals surface area contributed by atoms with Crippen molar-refractivity contribution in [3.8, 4) is 17.0 Å². The van der Waals surface area contributed by atoms with E-state index >= 15 is 0 Å². The van der Waals surface area contributed by atoms with Crippen LogP contribution in [0.5, 0.6) is 5.75 Å². The van der Waals surface area contributed by atoms with Crippen molar-refractivity contribution >= 4 is 40.0 Å². The Hall–Kier alpha value is -4.81. The van der Waals surface area contributed by atoms with Crippen molar-refractivity contribution < 1.29 is 13.9 Å². The molecule has 0 spiro atoms. The van der Waals surface area contributed by atoms with E-state index in [0.717, 1.165) is 47.5 Å². The molecule has 0 atom stereocenters. The number of carbonyl (C=O) groups is 1. The number of anilines is 2. The number of nitrogens with one attached hydrogen (secondary N) is 2. The molecule has 1 saturated heterocycles. The lowest BCUT2D eigenvalue weighted by atomic mass is 10.1. The van der Waals surface area contributed by atoms with Crippen LogP contribution in [-0.4, -0.2) is 80.6 Å². The number of hydrogen-bond acceptors (Lipinski definition) is 8. The van der Waals surface area contributed by atoms with Gasteiger partial charge in [-0.25, -0.2) is 19.2 Å². The van der Waals surface area contributed by atoms with Gasteiger partial charge in [0.25, 0.3) is 0 Å². The van der Waals surface area contributed by atoms with Crippen LogP contribution in [0.2, 0.25) is 5.02 Å². The number of benzene rings is 3. The summed E-state index contributed by atoms with van der Waals surface area (Å²) in [6, 6.07) is 17.5. The Morgan fingerprint density at radius 1 is 1.02 bits per heavy atom. The lowest BCUT2D eigenvalue weighted by Gasteiger charge is -2.34. The molecule has 2 N–H and O–H groups in total. The number of nitrogens with zero attached hydrogens (tertiary/aromatic N) is 7. The fourth-order valence-corrected chi connectivity index (χ4v) is 5.29. The summed E-state index contributed by atoms with van der Waals surface area (Å²) < 4.78 is 21.1. The van der Waals surface area contributed by atoms with Crippen LogP contribution in [0, 0.1) is 5.82 Å². The van der Waals surface area contributed by atoms with E-state index in [1.165, 1.54) is 18.5 Å². The summed E-state index contributed by atoms with van der Waals surface area (Å²) in [4.78, 5) is 24.9. The summed E-state index contributed by atoms with van der Waals surface area (Å²) in [6.07, 6.45) is 3.44. The van der Waals surface area contributed by atoms with E-state index in [0.29, 0.717) is 41.8 Å². The predicted molar refractivity (Wildman–Crippen MR) is 166 cm³/mol. The molecule has 5 aromatic rings. The number of hydrogen-bond donors (Lipinski definition) is 2. The zero-order chi connectivity index (χ0) is 30.5. The van der Waals surface area contributed by atoms with Crippen molar-refractivity contribution in [1.82, 2.24) is 40.1 Å². The normalized spacial score (nSPS) is 13.7. The number of piperazine rings is 1. The van der Waals surface area contributed by atoms with Gasteiger partial charge in [-0.1, -0.05) is 35.0 Å². The molecule has 0 saturated carbocycles. The van der Waals surface area contributed by atoms with Crippen LogP contribution in [-0.2, 0) is 13.2 Å². The Balaban J connectivity index is 1.11. The highest BCUT2D eigenvalue weighted by atomic mass is 35.5. The highest BCUT2D eigenvalue weighted by Gasteiger charge is 2.20. The van der Waals surface area contributed by atoms with Crippen molar-refractivity contribution in [2.75, 3.05) is 45.1 Å². The van der Waals surface area contributed by atoms with Crippen LogP contribution >= 0.6 is 11.6 Å². The Kier molecular flexibility index (Phi) is 8.80. The highest BCUT2D eigenvalue weighted by Crippen LogP contribution is 2.32. The highest BCUT2D eigenvalue weighted by molar-refractivity contribution is 6.32. The summed E-state index contributed by atoms with van der Waals surface area (Å²) >= 11 is 6.51. The first-order valence-corrected chi connectivity index (χ1v) is 14.6. The Morgan fingerprint density at radius 3 is 2.68 bits per heavy atom. The van der Waals surface area contributed by atoms with Crippen LogP contribution in [0.15, 0.2) is 73.2 Å². The molecule has 0 radical (unpaired) electrons. The second kappa shape index (κ2) is 13.2. The minimum Gasteiger partial charge on any atom is -0.487 e. The number of rotatable bonds is 9. The minimum absolute atomic E-state index is 0.0322. The third-order valence-corrected chi connectivity index (χ3v) is 7.76. The second-order valence-corrected chi connectivity index (χ2v) is 10.8. The van der Waals surface area contributed by atoms with E-state index in [2.05, 4.69) is 35.8 Å². The molecule has 3 aromatic carbocycles. The summed E-state index contributed by atoms with van der Waals surface area (Å²) in [5.41, 5.74) is 3.84. The van der Waals surface area contributed by atoms with Crippen molar-refractivity contribution in [1.29, 1.82) is 0 Å². The standard InChI is InChI=1S/C31H31ClFN9O2/c1-34-31(43)41-12-9-40(10-13-41)11-14-42-18-28(38-39-42)22-5-7-27-25(16-22)30(36-20-35-27)37-24-6-8-29(26(32)17-24)44-19-21-3-2-4-23(33)15-21/h2-8,15-18,20H,9-14,19H2,1H3,(H,34,43)(H,35,36,37). The van der Waals surface area contributed by atoms with E-state index in [1.807, 2.05) is 40.0 Å². The van der Waals surface area contributed by atoms with Gasteiger partial charge < -0.3 is 20.3 Å². The van der Waals surface area contributed by atoms with Crippen LogP contribution in [0.3, 0.4) is 0 Å². The largest absolute Gasteiger partial charge is 0.487 e. The number of amides is 2. The van der Waals surface area contributed by atoms with Crippen molar-refractivity contribution in [3.05, 3.63) is 89.6 Å². The lowest BCUT2D eigenvalue weighted by Crippen LogP contribution is -2.51.